The number of primary amides is 1. The molecule has 3 aromatic rings. The molecule has 3 N–H and O–H groups in total. The number of carbonyl (C=O) groups excluding carboxylic acids is 1. The Bertz CT molecular complexity index is 1060. The fourth-order valence-corrected chi connectivity index (χ4v) is 2.63. The van der Waals surface area contributed by atoms with Crippen LogP contribution in [-0.4, -0.2) is 26.5 Å². The molecule has 0 unspecified atom stereocenters. The van der Waals surface area contributed by atoms with Gasteiger partial charge in [-0.15, -0.1) is 18.3 Å². The number of benzene rings is 1. The quantitative estimate of drug-likeness (QED) is 0.625. The first-order valence-corrected chi connectivity index (χ1v) is 8.14. The molecule has 0 fully saturated rings. The second-order valence-electron chi connectivity index (χ2n) is 5.93. The van der Waals surface area contributed by atoms with Gasteiger partial charge in [-0.05, 0) is 17.7 Å². The molecule has 0 spiro atoms. The van der Waals surface area contributed by atoms with E-state index in [1.54, 1.807) is 18.2 Å². The smallest absolute Gasteiger partial charge is 0.405 e. The van der Waals surface area contributed by atoms with Crippen molar-refractivity contribution >= 4 is 11.6 Å². The molecule has 148 valence electrons. The summed E-state index contributed by atoms with van der Waals surface area (Å²) in [6.07, 6.45) is -3.24. The second-order valence-corrected chi connectivity index (χ2v) is 5.93. The molecular weight excluding hydrogens is 379 g/mol. The molecule has 11 heteroatoms. The Labute approximate surface area is 156 Å². The Morgan fingerprint density at radius 1 is 1.18 bits per heavy atom. The van der Waals surface area contributed by atoms with Crippen LogP contribution in [0.5, 0.6) is 5.75 Å². The van der Waals surface area contributed by atoms with E-state index in [0.717, 1.165) is 4.68 Å². The van der Waals surface area contributed by atoms with Gasteiger partial charge in [-0.2, -0.15) is 0 Å². The number of aromatic nitrogens is 3. The van der Waals surface area contributed by atoms with Crippen molar-refractivity contribution in [2.45, 2.75) is 26.0 Å². The van der Waals surface area contributed by atoms with E-state index in [1.165, 1.54) is 28.8 Å². The van der Waals surface area contributed by atoms with Crippen LogP contribution in [0.1, 0.15) is 11.1 Å². The van der Waals surface area contributed by atoms with E-state index in [4.69, 9.17) is 5.73 Å². The van der Waals surface area contributed by atoms with E-state index in [9.17, 15) is 22.8 Å². The highest BCUT2D eigenvalue weighted by molar-refractivity contribution is 5.73. The molecule has 0 aliphatic carbocycles. The topological polar surface area (TPSA) is 104 Å². The molecule has 0 aliphatic rings. The summed E-state index contributed by atoms with van der Waals surface area (Å²) >= 11 is 0. The summed E-state index contributed by atoms with van der Waals surface area (Å²) in [5.74, 6) is -0.964. The minimum Gasteiger partial charge on any atom is -0.405 e. The number of para-hydroxylation sites is 1. The van der Waals surface area contributed by atoms with Gasteiger partial charge < -0.3 is 15.8 Å². The Balaban J connectivity index is 1.70. The zero-order valence-electron chi connectivity index (χ0n) is 14.4. The lowest BCUT2D eigenvalue weighted by atomic mass is 10.2. The van der Waals surface area contributed by atoms with Gasteiger partial charge in [0.2, 0.25) is 5.91 Å². The monoisotopic (exact) mass is 395 g/mol. The third-order valence-electron chi connectivity index (χ3n) is 3.79. The first kappa shape index (κ1) is 19.4. The molecular formula is C17H16F3N5O3. The third-order valence-corrected chi connectivity index (χ3v) is 3.79. The van der Waals surface area contributed by atoms with Crippen molar-refractivity contribution in [2.24, 2.45) is 5.73 Å². The van der Waals surface area contributed by atoms with Gasteiger partial charge in [0.25, 0.3) is 0 Å². The van der Waals surface area contributed by atoms with Crippen molar-refractivity contribution in [3.63, 3.8) is 0 Å². The molecule has 1 amide bonds. The normalized spacial score (nSPS) is 11.7. The minimum atomic E-state index is -4.77. The van der Waals surface area contributed by atoms with Crippen molar-refractivity contribution in [1.29, 1.82) is 0 Å². The molecule has 0 saturated heterocycles. The van der Waals surface area contributed by atoms with Crippen LogP contribution in [0.2, 0.25) is 0 Å². The van der Waals surface area contributed by atoms with Gasteiger partial charge in [-0.1, -0.05) is 24.3 Å². The van der Waals surface area contributed by atoms with Crippen LogP contribution in [-0.2, 0) is 24.4 Å². The lowest BCUT2D eigenvalue weighted by Gasteiger charge is -2.13. The van der Waals surface area contributed by atoms with Crippen LogP contribution in [0.3, 0.4) is 0 Å². The van der Waals surface area contributed by atoms with E-state index >= 15 is 0 Å². The number of hydrogen-bond acceptors (Lipinski definition) is 5. The lowest BCUT2D eigenvalue weighted by molar-refractivity contribution is -0.274. The number of nitrogens with two attached hydrogens (primary N) is 1. The molecule has 8 nitrogen and oxygen atoms in total. The first-order valence-electron chi connectivity index (χ1n) is 8.14. The number of amides is 1. The zero-order valence-corrected chi connectivity index (χ0v) is 14.4. The van der Waals surface area contributed by atoms with Crippen molar-refractivity contribution in [3.05, 3.63) is 64.2 Å². The molecule has 0 bridgehead atoms. The standard InChI is InChI=1S/C17H16F3N5O3/c18-17(19,20)28-13-4-2-1-3-12(13)8-22-7-11-5-6-15-23-25(10-14(21)26)16(27)24(15)9-11/h1-6,9,22H,7-8,10H2,(H2,21,26). The Hall–Kier alpha value is -3.34. The highest BCUT2D eigenvalue weighted by Crippen LogP contribution is 2.26. The van der Waals surface area contributed by atoms with Gasteiger partial charge in [-0.25, -0.2) is 13.9 Å². The van der Waals surface area contributed by atoms with Crippen LogP contribution in [0.15, 0.2) is 47.4 Å². The average Bonchev–Trinajstić information content (AvgIpc) is 2.90. The number of nitrogens with one attached hydrogen (secondary N) is 1. The summed E-state index contributed by atoms with van der Waals surface area (Å²) < 4.78 is 43.6. The maximum Gasteiger partial charge on any atom is 0.573 e. The fraction of sp³-hybridized carbons (Fsp3) is 0.235. The van der Waals surface area contributed by atoms with Crippen LogP contribution in [0, 0.1) is 0 Å². The van der Waals surface area contributed by atoms with Gasteiger partial charge in [0.05, 0.1) is 0 Å². The van der Waals surface area contributed by atoms with Crippen molar-refractivity contribution in [2.75, 3.05) is 0 Å². The number of alkyl halides is 3. The lowest BCUT2D eigenvalue weighted by Crippen LogP contribution is -2.28. The van der Waals surface area contributed by atoms with Gasteiger partial charge in [0.1, 0.15) is 12.3 Å². The van der Waals surface area contributed by atoms with Gasteiger partial charge in [0, 0.05) is 24.8 Å². The predicted octanol–water partition coefficient (Wildman–Crippen LogP) is 1.17. The van der Waals surface area contributed by atoms with E-state index in [2.05, 4.69) is 15.2 Å². The fourth-order valence-electron chi connectivity index (χ4n) is 2.63. The predicted molar refractivity (Wildman–Crippen MR) is 92.3 cm³/mol. The highest BCUT2D eigenvalue weighted by Gasteiger charge is 2.31. The largest absolute Gasteiger partial charge is 0.573 e. The van der Waals surface area contributed by atoms with Gasteiger partial charge >= 0.3 is 12.1 Å². The molecule has 28 heavy (non-hydrogen) atoms. The first-order chi connectivity index (χ1) is 13.2. The number of hydrogen-bond donors (Lipinski definition) is 2. The maximum absolute atomic E-state index is 12.5. The molecule has 0 radical (unpaired) electrons. The van der Waals surface area contributed by atoms with Crippen LogP contribution >= 0.6 is 0 Å². The molecule has 3 rings (SSSR count). The number of pyridine rings is 1. The Kier molecular flexibility index (Phi) is 5.36. The summed E-state index contributed by atoms with van der Waals surface area (Å²) in [6, 6.07) is 9.13. The highest BCUT2D eigenvalue weighted by atomic mass is 19.4. The van der Waals surface area contributed by atoms with Crippen molar-refractivity contribution < 1.29 is 22.7 Å². The van der Waals surface area contributed by atoms with E-state index < -0.39 is 18.0 Å². The van der Waals surface area contributed by atoms with Crippen LogP contribution in [0.4, 0.5) is 13.2 Å². The zero-order chi connectivity index (χ0) is 20.3. The second kappa shape index (κ2) is 7.72. The van der Waals surface area contributed by atoms with Crippen LogP contribution in [0.25, 0.3) is 5.65 Å². The number of nitrogens with zero attached hydrogens (tertiary/aromatic N) is 3. The number of ether oxygens (including phenoxy) is 1. The summed E-state index contributed by atoms with van der Waals surface area (Å²) in [7, 11) is 0. The van der Waals surface area contributed by atoms with Gasteiger partial charge in [-0.3, -0.25) is 4.79 Å². The molecule has 0 atom stereocenters. The molecule has 2 heterocycles. The number of halogens is 3. The average molecular weight is 395 g/mol. The van der Waals surface area contributed by atoms with Crippen molar-refractivity contribution in [3.8, 4) is 5.75 Å². The summed E-state index contributed by atoms with van der Waals surface area (Å²) in [5, 5.41) is 6.99. The SMILES string of the molecule is NC(=O)Cn1nc2ccc(CNCc3ccccc3OC(F)(F)F)cn2c1=O. The number of rotatable bonds is 7. The molecule has 1 aromatic carbocycles. The Morgan fingerprint density at radius 3 is 2.64 bits per heavy atom. The maximum atomic E-state index is 12.5. The summed E-state index contributed by atoms with van der Waals surface area (Å²) in [5.41, 5.74) is 5.95. The van der Waals surface area contributed by atoms with Crippen molar-refractivity contribution in [1.82, 2.24) is 19.5 Å². The van der Waals surface area contributed by atoms with Gasteiger partial charge in [0.15, 0.2) is 5.65 Å². The number of carbonyl (C=O) groups is 1. The van der Waals surface area contributed by atoms with Crippen LogP contribution < -0.4 is 21.5 Å². The Morgan fingerprint density at radius 2 is 1.93 bits per heavy atom. The number of fused-ring (bicyclic) bond motifs is 1. The summed E-state index contributed by atoms with van der Waals surface area (Å²) in [6.45, 7) is 0.0773. The minimum absolute atomic E-state index is 0.125. The molecule has 0 aliphatic heterocycles. The van der Waals surface area contributed by atoms with E-state index in [0.29, 0.717) is 16.8 Å². The molecule has 0 saturated carbocycles. The van der Waals surface area contributed by atoms with E-state index in [-0.39, 0.29) is 25.4 Å². The molecule has 2 aromatic heterocycles. The third kappa shape index (κ3) is 4.68. The summed E-state index contributed by atoms with van der Waals surface area (Å²) in [4.78, 5) is 23.2. The van der Waals surface area contributed by atoms with E-state index in [1.807, 2.05) is 0 Å².